The van der Waals surface area contributed by atoms with E-state index in [2.05, 4.69) is 15.3 Å². The van der Waals surface area contributed by atoms with Crippen LogP contribution in [0.2, 0.25) is 0 Å². The van der Waals surface area contributed by atoms with Crippen LogP contribution in [0.3, 0.4) is 0 Å². The maximum absolute atomic E-state index is 13.7. The van der Waals surface area contributed by atoms with Crippen LogP contribution in [0.15, 0.2) is 60.8 Å². The van der Waals surface area contributed by atoms with Crippen molar-refractivity contribution in [3.8, 4) is 0 Å². The van der Waals surface area contributed by atoms with Crippen LogP contribution in [0.5, 0.6) is 0 Å². The number of fused-ring (bicyclic) bond motifs is 1. The summed E-state index contributed by atoms with van der Waals surface area (Å²) >= 11 is 0. The molecule has 32 heavy (non-hydrogen) atoms. The minimum absolute atomic E-state index is 0.0857. The third-order valence-electron chi connectivity index (χ3n) is 5.44. The summed E-state index contributed by atoms with van der Waals surface area (Å²) in [4.78, 5) is 21.6. The van der Waals surface area contributed by atoms with E-state index in [1.165, 1.54) is 17.7 Å². The van der Waals surface area contributed by atoms with E-state index in [9.17, 15) is 13.6 Å². The van der Waals surface area contributed by atoms with Crippen molar-refractivity contribution in [3.05, 3.63) is 94.9 Å². The fourth-order valence-corrected chi connectivity index (χ4v) is 3.66. The predicted octanol–water partition coefficient (Wildman–Crippen LogP) is 4.88. The molecule has 0 unspecified atom stereocenters. The topological polar surface area (TPSA) is 59.8 Å². The zero-order chi connectivity index (χ0) is 22.7. The Morgan fingerprint density at radius 3 is 2.62 bits per heavy atom. The lowest BCUT2D eigenvalue weighted by molar-refractivity contribution is -0.121. The van der Waals surface area contributed by atoms with Gasteiger partial charge in [0.25, 0.3) is 0 Å². The number of benzene rings is 2. The molecule has 1 N–H and O–H groups in total. The summed E-state index contributed by atoms with van der Waals surface area (Å²) in [6.45, 7) is 4.25. The first-order valence-electron chi connectivity index (χ1n) is 10.5. The van der Waals surface area contributed by atoms with Gasteiger partial charge in [-0.15, -0.1) is 0 Å². The molecule has 0 saturated carbocycles. The zero-order valence-electron chi connectivity index (χ0n) is 18.0. The quantitative estimate of drug-likeness (QED) is 0.451. The second kappa shape index (κ2) is 9.26. The van der Waals surface area contributed by atoms with E-state index in [1.54, 1.807) is 12.3 Å². The van der Waals surface area contributed by atoms with Gasteiger partial charge in [-0.05, 0) is 49.2 Å². The van der Waals surface area contributed by atoms with E-state index in [4.69, 9.17) is 0 Å². The van der Waals surface area contributed by atoms with E-state index in [0.717, 1.165) is 11.6 Å². The SMILES string of the molecule is Cc1ccc([C@H](C)NC(=O)CCc2nc3cccnc3n2Cc2ccc(F)c(F)c2)cc1. The molecule has 7 heteroatoms. The van der Waals surface area contributed by atoms with Crippen LogP contribution < -0.4 is 5.32 Å². The molecule has 2 aromatic carbocycles. The molecular weight excluding hydrogens is 410 g/mol. The number of nitrogens with one attached hydrogen (secondary N) is 1. The zero-order valence-corrected chi connectivity index (χ0v) is 18.0. The largest absolute Gasteiger partial charge is 0.350 e. The monoisotopic (exact) mass is 434 g/mol. The number of hydrogen-bond donors (Lipinski definition) is 1. The van der Waals surface area contributed by atoms with Gasteiger partial charge in [-0.2, -0.15) is 0 Å². The number of rotatable bonds is 7. The number of carbonyl (C=O) groups is 1. The summed E-state index contributed by atoms with van der Waals surface area (Å²) in [5, 5.41) is 3.02. The number of aromatic nitrogens is 3. The van der Waals surface area contributed by atoms with Gasteiger partial charge >= 0.3 is 0 Å². The third-order valence-corrected chi connectivity index (χ3v) is 5.44. The first-order chi connectivity index (χ1) is 15.4. The molecule has 0 aliphatic rings. The van der Waals surface area contributed by atoms with Gasteiger partial charge in [-0.3, -0.25) is 4.79 Å². The van der Waals surface area contributed by atoms with E-state index < -0.39 is 11.6 Å². The van der Waals surface area contributed by atoms with E-state index >= 15 is 0 Å². The summed E-state index contributed by atoms with van der Waals surface area (Å²) in [6, 6.07) is 15.4. The van der Waals surface area contributed by atoms with Gasteiger partial charge in [0.1, 0.15) is 11.3 Å². The number of imidazole rings is 1. The van der Waals surface area contributed by atoms with E-state index in [0.29, 0.717) is 29.0 Å². The third kappa shape index (κ3) is 4.82. The Bertz CT molecular complexity index is 1250. The molecule has 0 aliphatic heterocycles. The maximum atomic E-state index is 13.7. The molecule has 0 radical (unpaired) electrons. The molecule has 0 bridgehead atoms. The van der Waals surface area contributed by atoms with Crippen molar-refractivity contribution in [1.29, 1.82) is 0 Å². The number of pyridine rings is 1. The first kappa shape index (κ1) is 21.6. The second-order valence-electron chi connectivity index (χ2n) is 7.91. The summed E-state index contributed by atoms with van der Waals surface area (Å²) in [6.07, 6.45) is 2.30. The number of halogens is 2. The summed E-state index contributed by atoms with van der Waals surface area (Å²) < 4.78 is 28.9. The average molecular weight is 434 g/mol. The number of nitrogens with zero attached hydrogens (tertiary/aromatic N) is 3. The number of carbonyl (C=O) groups excluding carboxylic acids is 1. The lowest BCUT2D eigenvalue weighted by Gasteiger charge is -2.15. The number of hydrogen-bond acceptors (Lipinski definition) is 3. The lowest BCUT2D eigenvalue weighted by Crippen LogP contribution is -2.27. The highest BCUT2D eigenvalue weighted by Gasteiger charge is 2.16. The molecule has 164 valence electrons. The predicted molar refractivity (Wildman–Crippen MR) is 119 cm³/mol. The smallest absolute Gasteiger partial charge is 0.220 e. The molecule has 0 spiro atoms. The van der Waals surface area contributed by atoms with Crippen molar-refractivity contribution < 1.29 is 13.6 Å². The minimum Gasteiger partial charge on any atom is -0.350 e. The van der Waals surface area contributed by atoms with Gasteiger partial charge in [-0.1, -0.05) is 35.9 Å². The molecule has 0 saturated heterocycles. The number of amides is 1. The fraction of sp³-hybridized carbons (Fsp3) is 0.240. The maximum Gasteiger partial charge on any atom is 0.220 e. The average Bonchev–Trinajstić information content (AvgIpc) is 3.12. The Balaban J connectivity index is 1.49. The second-order valence-corrected chi connectivity index (χ2v) is 7.91. The van der Waals surface area contributed by atoms with Crippen molar-refractivity contribution in [2.75, 3.05) is 0 Å². The molecule has 1 amide bonds. The van der Waals surface area contributed by atoms with Gasteiger partial charge in [0.05, 0.1) is 12.6 Å². The van der Waals surface area contributed by atoms with E-state index in [-0.39, 0.29) is 24.9 Å². The van der Waals surface area contributed by atoms with Gasteiger partial charge in [-0.25, -0.2) is 18.7 Å². The van der Waals surface area contributed by atoms with Crippen molar-refractivity contribution >= 4 is 17.1 Å². The molecule has 2 aromatic heterocycles. The van der Waals surface area contributed by atoms with Gasteiger partial charge in [0, 0.05) is 19.0 Å². The van der Waals surface area contributed by atoms with Crippen molar-refractivity contribution in [3.63, 3.8) is 0 Å². The minimum atomic E-state index is -0.897. The summed E-state index contributed by atoms with van der Waals surface area (Å²) in [5.41, 5.74) is 4.13. The molecule has 5 nitrogen and oxygen atoms in total. The highest BCUT2D eigenvalue weighted by Crippen LogP contribution is 2.19. The fourth-order valence-electron chi connectivity index (χ4n) is 3.66. The van der Waals surface area contributed by atoms with Crippen LogP contribution in [-0.4, -0.2) is 20.4 Å². The highest BCUT2D eigenvalue weighted by molar-refractivity contribution is 5.77. The van der Waals surface area contributed by atoms with Crippen LogP contribution in [0, 0.1) is 18.6 Å². The lowest BCUT2D eigenvalue weighted by atomic mass is 10.1. The Labute approximate surface area is 185 Å². The molecule has 0 fully saturated rings. The molecule has 2 heterocycles. The van der Waals surface area contributed by atoms with Gasteiger partial charge < -0.3 is 9.88 Å². The molecule has 4 rings (SSSR count). The van der Waals surface area contributed by atoms with Gasteiger partial charge in [0.2, 0.25) is 5.91 Å². The molecule has 1 atom stereocenters. The van der Waals surface area contributed by atoms with Crippen LogP contribution in [0.1, 0.15) is 41.9 Å². The van der Waals surface area contributed by atoms with Crippen LogP contribution in [-0.2, 0) is 17.8 Å². The van der Waals surface area contributed by atoms with Crippen LogP contribution >= 0.6 is 0 Å². The molecular formula is C25H24F2N4O. The Hall–Kier alpha value is -3.61. The van der Waals surface area contributed by atoms with Gasteiger partial charge in [0.15, 0.2) is 17.3 Å². The Morgan fingerprint density at radius 2 is 1.88 bits per heavy atom. The molecule has 0 aliphatic carbocycles. The van der Waals surface area contributed by atoms with E-state index in [1.807, 2.05) is 48.7 Å². The Morgan fingerprint density at radius 1 is 1.09 bits per heavy atom. The Kier molecular flexibility index (Phi) is 6.25. The number of aryl methyl sites for hydroxylation is 2. The summed E-state index contributed by atoms with van der Waals surface area (Å²) in [5.74, 6) is -1.20. The van der Waals surface area contributed by atoms with Crippen molar-refractivity contribution in [2.24, 2.45) is 0 Å². The van der Waals surface area contributed by atoms with Crippen molar-refractivity contribution in [1.82, 2.24) is 19.9 Å². The van der Waals surface area contributed by atoms with Crippen LogP contribution in [0.4, 0.5) is 8.78 Å². The van der Waals surface area contributed by atoms with Crippen LogP contribution in [0.25, 0.3) is 11.2 Å². The van der Waals surface area contributed by atoms with Crippen molar-refractivity contribution in [2.45, 2.75) is 39.3 Å². The normalized spacial score (nSPS) is 12.1. The first-order valence-corrected chi connectivity index (χ1v) is 10.5. The summed E-state index contributed by atoms with van der Waals surface area (Å²) in [7, 11) is 0. The highest BCUT2D eigenvalue weighted by atomic mass is 19.2. The standard InChI is InChI=1S/C25H24F2N4O/c1-16-5-8-19(9-6-16)17(2)29-24(32)12-11-23-30-22-4-3-13-28-25(22)31(23)15-18-7-10-20(26)21(27)14-18/h3-10,13-14,17H,11-12,15H2,1-2H3,(H,29,32)/t17-/m0/s1. The molecule has 4 aromatic rings.